The number of aryl methyl sites for hydroxylation is 2. The first-order valence-corrected chi connectivity index (χ1v) is 22.4. The maximum absolute atomic E-state index is 9.79. The Morgan fingerprint density at radius 3 is 1.14 bits per heavy atom. The zero-order valence-corrected chi connectivity index (χ0v) is 37.0. The lowest BCUT2D eigenvalue weighted by Crippen LogP contribution is -2.10. The zero-order valence-electron chi connectivity index (χ0n) is 39.0. The van der Waals surface area contributed by atoms with Crippen LogP contribution in [0.1, 0.15) is 11.1 Å². The van der Waals surface area contributed by atoms with Gasteiger partial charge in [-0.2, -0.15) is 0 Å². The molecule has 0 aliphatic heterocycles. The highest BCUT2D eigenvalue weighted by Crippen LogP contribution is 2.46. The highest BCUT2D eigenvalue weighted by molar-refractivity contribution is 6.01. The highest BCUT2D eigenvalue weighted by atomic mass is 15.1. The van der Waals surface area contributed by atoms with E-state index in [9.17, 15) is 2.82 Å². The van der Waals surface area contributed by atoms with Gasteiger partial charge in [0.15, 0.2) is 2.82 Å². The third-order valence-corrected chi connectivity index (χ3v) is 11.8. The predicted octanol–water partition coefficient (Wildman–Crippen LogP) is 17.7. The van der Waals surface area contributed by atoms with Gasteiger partial charge in [-0.15, -0.1) is 0 Å². The van der Waals surface area contributed by atoms with Gasteiger partial charge in [0.1, 0.15) is 0 Å². The van der Waals surface area contributed by atoms with Gasteiger partial charge in [-0.05, 0) is 168 Å². The second-order valence-electron chi connectivity index (χ2n) is 16.4. The number of para-hydroxylation sites is 2. The minimum absolute atomic E-state index is 0.741. The van der Waals surface area contributed by atoms with Crippen LogP contribution in [-0.2, 0) is 0 Å². The van der Waals surface area contributed by atoms with Crippen molar-refractivity contribution in [3.8, 4) is 33.4 Å². The quantitative estimate of drug-likeness (QED) is 0.121. The molecule has 2 N–H and O–H groups in total. The van der Waals surface area contributed by atoms with Crippen molar-refractivity contribution >= 4 is 56.9 Å². The molecular weight excluding hydrogens is 801 g/mol. The highest BCUT2D eigenvalue weighted by Gasteiger charge is 2.20. The SMILES string of the molecule is [2H]N(c1ccc(-c2ccc(N([2H])c3ccc(N(c4ccccc4)c4cccc(C)c4)cc3)c(-c3ccccc3)c2-c2ccccc2)cc1)c1ccc(N(c2ccccc2)c2cccc(C)c2)cc1. The van der Waals surface area contributed by atoms with Crippen molar-refractivity contribution in [2.24, 2.45) is 0 Å². The first kappa shape index (κ1) is 39.0. The summed E-state index contributed by atoms with van der Waals surface area (Å²) in [5.74, 6) is 0. The Morgan fingerprint density at radius 2 is 0.682 bits per heavy atom. The van der Waals surface area contributed by atoms with Crippen molar-refractivity contribution in [2.45, 2.75) is 13.8 Å². The summed E-state index contributed by atoms with van der Waals surface area (Å²) in [6, 6.07) is 87.5. The molecule has 66 heavy (non-hydrogen) atoms. The maximum Gasteiger partial charge on any atom is 0.167 e. The molecular formula is C62H50N4. The molecule has 0 aliphatic carbocycles. The summed E-state index contributed by atoms with van der Waals surface area (Å²) in [6.07, 6.45) is 0. The molecule has 0 radical (unpaired) electrons. The van der Waals surface area contributed by atoms with Crippen LogP contribution in [-0.4, -0.2) is 0 Å². The van der Waals surface area contributed by atoms with Crippen LogP contribution in [0.2, 0.25) is 2.82 Å². The topological polar surface area (TPSA) is 30.5 Å². The number of rotatable bonds is 13. The fourth-order valence-electron chi connectivity index (χ4n) is 8.67. The summed E-state index contributed by atoms with van der Waals surface area (Å²) in [5.41, 5.74) is 17.8. The normalized spacial score (nSPS) is 11.3. The van der Waals surface area contributed by atoms with Gasteiger partial charge < -0.3 is 20.4 Å². The lowest BCUT2D eigenvalue weighted by atomic mass is 9.86. The van der Waals surface area contributed by atoms with Crippen LogP contribution in [0.15, 0.2) is 255 Å². The molecule has 4 nitrogen and oxygen atoms in total. The molecule has 0 unspecified atom stereocenters. The average Bonchev–Trinajstić information content (AvgIpc) is 3.40. The minimum Gasteiger partial charge on any atom is -0.356 e. The summed E-state index contributed by atoms with van der Waals surface area (Å²) >= 11 is 0. The Balaban J connectivity index is 0.995. The number of hydrogen-bond donors (Lipinski definition) is 2. The van der Waals surface area contributed by atoms with E-state index in [2.05, 4.69) is 218 Å². The van der Waals surface area contributed by atoms with Crippen molar-refractivity contribution in [2.75, 3.05) is 20.4 Å². The van der Waals surface area contributed by atoms with Gasteiger partial charge in [-0.25, -0.2) is 0 Å². The standard InChI is InChI=1S/C62H50N4/c1-45-17-15-27-57(43-45)65(53-23-11-5-12-24-53)55-37-33-51(34-38-55)63-50-31-29-47(30-32-50)59-41-42-60(62(49-21-9-4-10-22-49)61(59)48-19-7-3-8-20-48)64-52-35-39-56(40-36-52)66(54-25-13-6-14-26-54)58-28-16-18-46(2)44-58/h3-44,63-64H,1-2H3/i/hD2. The third kappa shape index (κ3) is 9.08. The van der Waals surface area contributed by atoms with E-state index in [1.807, 2.05) is 60.7 Å². The molecule has 10 aromatic carbocycles. The number of nitrogens with zero attached hydrogens (tertiary/aromatic N) is 2. The van der Waals surface area contributed by atoms with Gasteiger partial charge in [-0.1, -0.05) is 140 Å². The Kier molecular flexibility index (Phi) is 11.2. The van der Waals surface area contributed by atoms with E-state index in [-0.39, 0.29) is 0 Å². The van der Waals surface area contributed by atoms with E-state index in [0.717, 1.165) is 90.3 Å². The van der Waals surface area contributed by atoms with Crippen molar-refractivity contribution in [1.29, 1.82) is 0 Å². The number of nitrogens with one attached hydrogen (secondary N) is 2. The minimum atomic E-state index is 0.741. The van der Waals surface area contributed by atoms with Gasteiger partial charge >= 0.3 is 0 Å². The molecule has 0 fully saturated rings. The van der Waals surface area contributed by atoms with Crippen molar-refractivity contribution in [1.82, 2.24) is 0 Å². The van der Waals surface area contributed by atoms with Crippen LogP contribution in [0.5, 0.6) is 0 Å². The summed E-state index contributed by atoms with van der Waals surface area (Å²) in [5, 5.41) is 3.03. The molecule has 0 aromatic heterocycles. The monoisotopic (exact) mass is 852 g/mol. The van der Waals surface area contributed by atoms with Crippen molar-refractivity contribution in [3.05, 3.63) is 266 Å². The molecule has 0 heterocycles. The summed E-state index contributed by atoms with van der Waals surface area (Å²) in [4.78, 5) is 4.49. The van der Waals surface area contributed by atoms with Gasteiger partial charge in [0.2, 0.25) is 0 Å². The van der Waals surface area contributed by atoms with Crippen LogP contribution in [0.3, 0.4) is 0 Å². The maximum atomic E-state index is 9.79. The molecule has 0 spiro atoms. The molecule has 318 valence electrons. The van der Waals surface area contributed by atoms with Crippen molar-refractivity contribution in [3.63, 3.8) is 0 Å². The predicted molar refractivity (Wildman–Crippen MR) is 281 cm³/mol. The van der Waals surface area contributed by atoms with E-state index >= 15 is 0 Å². The molecule has 0 saturated heterocycles. The largest absolute Gasteiger partial charge is 0.356 e. The van der Waals surface area contributed by atoms with Gasteiger partial charge in [0.25, 0.3) is 0 Å². The molecule has 0 aliphatic rings. The van der Waals surface area contributed by atoms with E-state index in [0.29, 0.717) is 0 Å². The second kappa shape index (κ2) is 19.0. The van der Waals surface area contributed by atoms with E-state index in [4.69, 9.17) is 0 Å². The number of anilines is 10. The Labute approximate surface area is 391 Å². The van der Waals surface area contributed by atoms with E-state index in [1.165, 1.54) is 16.4 Å². The van der Waals surface area contributed by atoms with E-state index < -0.39 is 0 Å². The Bertz CT molecular complexity index is 3260. The fraction of sp³-hybridized carbons (Fsp3) is 0.0323. The molecule has 10 aromatic rings. The molecule has 4 heteroatoms. The summed E-state index contributed by atoms with van der Waals surface area (Å²) < 4.78 is 19.1. The second-order valence-corrected chi connectivity index (χ2v) is 16.4. The van der Waals surface area contributed by atoms with Gasteiger partial charge in [0, 0.05) is 62.4 Å². The molecule has 0 atom stereocenters. The zero-order chi connectivity index (χ0) is 46.4. The number of benzene rings is 10. The third-order valence-electron chi connectivity index (χ3n) is 11.8. The first-order chi connectivity index (χ1) is 33.4. The first-order valence-electron chi connectivity index (χ1n) is 23.3. The van der Waals surface area contributed by atoms with Crippen LogP contribution in [0, 0.1) is 13.8 Å². The number of hydrogen-bond acceptors (Lipinski definition) is 4. The van der Waals surface area contributed by atoms with Crippen molar-refractivity contribution < 1.29 is 2.82 Å². The lowest BCUT2D eigenvalue weighted by Gasteiger charge is -2.26. The average molecular weight is 853 g/mol. The molecule has 10 rings (SSSR count). The van der Waals surface area contributed by atoms with Crippen LogP contribution >= 0.6 is 0 Å². The summed E-state index contributed by atoms with van der Waals surface area (Å²) in [7, 11) is 0. The fourth-order valence-corrected chi connectivity index (χ4v) is 8.67. The van der Waals surface area contributed by atoms with E-state index in [1.54, 1.807) is 5.31 Å². The van der Waals surface area contributed by atoms with Gasteiger partial charge in [-0.3, -0.25) is 0 Å². The molecule has 0 amide bonds. The van der Waals surface area contributed by atoms with Gasteiger partial charge in [0.05, 0.1) is 0 Å². The lowest BCUT2D eigenvalue weighted by molar-refractivity contribution is 1.27. The summed E-state index contributed by atoms with van der Waals surface area (Å²) in [6.45, 7) is 4.22. The molecule has 0 bridgehead atoms. The van der Waals surface area contributed by atoms with Crippen LogP contribution in [0.4, 0.5) is 56.9 Å². The Morgan fingerprint density at radius 1 is 0.303 bits per heavy atom. The Hall–Kier alpha value is -8.60. The van der Waals surface area contributed by atoms with Crippen LogP contribution < -0.4 is 20.4 Å². The van der Waals surface area contributed by atoms with Crippen LogP contribution in [0.25, 0.3) is 33.4 Å². The smallest absolute Gasteiger partial charge is 0.167 e. The molecule has 0 saturated carbocycles.